The highest BCUT2D eigenvalue weighted by molar-refractivity contribution is 5.94. The number of fused-ring (bicyclic) bond motifs is 1. The van der Waals surface area contributed by atoms with Gasteiger partial charge in [-0.05, 0) is 19.1 Å². The molecule has 0 fully saturated rings. The van der Waals surface area contributed by atoms with Crippen LogP contribution in [-0.4, -0.2) is 25.7 Å². The maximum Gasteiger partial charge on any atom is 0.341 e. The Bertz CT molecular complexity index is 777. The number of nitrogens with zero attached hydrogens (tertiary/aromatic N) is 3. The predicted molar refractivity (Wildman–Crippen MR) is 70.1 cm³/mol. The Morgan fingerprint density at radius 2 is 2.16 bits per heavy atom. The Balaban J connectivity index is 2.28. The molecule has 2 aromatic heterocycles. The van der Waals surface area contributed by atoms with Crippen molar-refractivity contribution < 1.29 is 9.90 Å². The van der Waals surface area contributed by atoms with Crippen molar-refractivity contribution in [1.29, 1.82) is 0 Å². The van der Waals surface area contributed by atoms with Gasteiger partial charge < -0.3 is 5.11 Å². The van der Waals surface area contributed by atoms with Crippen molar-refractivity contribution in [3.05, 3.63) is 53.9 Å². The maximum atomic E-state index is 11.1. The van der Waals surface area contributed by atoms with Crippen LogP contribution in [0.5, 0.6) is 0 Å². The van der Waals surface area contributed by atoms with E-state index in [0.29, 0.717) is 5.65 Å². The van der Waals surface area contributed by atoms with E-state index in [9.17, 15) is 4.79 Å². The van der Waals surface area contributed by atoms with Crippen molar-refractivity contribution in [1.82, 2.24) is 14.6 Å². The summed E-state index contributed by atoms with van der Waals surface area (Å²) in [5.74, 6) is -1.02. The summed E-state index contributed by atoms with van der Waals surface area (Å²) in [5, 5.41) is 13.2. The van der Waals surface area contributed by atoms with E-state index in [2.05, 4.69) is 10.1 Å². The van der Waals surface area contributed by atoms with Crippen LogP contribution in [0, 0.1) is 6.92 Å². The second-order valence-corrected chi connectivity index (χ2v) is 4.30. The Morgan fingerprint density at radius 1 is 1.32 bits per heavy atom. The molecule has 5 heteroatoms. The fourth-order valence-corrected chi connectivity index (χ4v) is 2.07. The third-order valence-corrected chi connectivity index (χ3v) is 2.95. The van der Waals surface area contributed by atoms with Gasteiger partial charge in [0.05, 0.1) is 11.9 Å². The average molecular weight is 253 g/mol. The molecule has 2 heterocycles. The molecule has 0 saturated carbocycles. The first-order chi connectivity index (χ1) is 9.16. The molecular formula is C14H11N3O2. The summed E-state index contributed by atoms with van der Waals surface area (Å²) < 4.78 is 1.55. The quantitative estimate of drug-likeness (QED) is 0.761. The van der Waals surface area contributed by atoms with Gasteiger partial charge in [-0.15, -0.1) is 0 Å². The van der Waals surface area contributed by atoms with Gasteiger partial charge in [0.1, 0.15) is 5.56 Å². The smallest absolute Gasteiger partial charge is 0.341 e. The van der Waals surface area contributed by atoms with Crippen molar-refractivity contribution in [3.8, 4) is 11.3 Å². The number of carbonyl (C=O) groups is 1. The van der Waals surface area contributed by atoms with Gasteiger partial charge in [0.15, 0.2) is 5.65 Å². The Labute approximate surface area is 109 Å². The molecule has 0 spiro atoms. The van der Waals surface area contributed by atoms with Crippen LogP contribution in [0.3, 0.4) is 0 Å². The van der Waals surface area contributed by atoms with Crippen LogP contribution in [0.1, 0.15) is 15.9 Å². The van der Waals surface area contributed by atoms with Crippen LogP contribution in [0.15, 0.2) is 42.7 Å². The van der Waals surface area contributed by atoms with Gasteiger partial charge in [-0.2, -0.15) is 5.10 Å². The van der Waals surface area contributed by atoms with Crippen molar-refractivity contribution in [2.24, 2.45) is 0 Å². The molecule has 0 atom stereocenters. The summed E-state index contributed by atoms with van der Waals surface area (Å²) in [5.41, 5.74) is 3.39. The Kier molecular flexibility index (Phi) is 2.52. The predicted octanol–water partition coefficient (Wildman–Crippen LogP) is 2.40. The standard InChI is InChI=1S/C14H11N3O2/c1-9-3-2-4-10(7-9)12-5-6-15-13-11(14(18)19)8-16-17(12)13/h2-8H,1H3,(H,18,19). The number of carboxylic acid groups (broad SMARTS) is 1. The number of benzene rings is 1. The van der Waals surface area contributed by atoms with Gasteiger partial charge in [0, 0.05) is 11.8 Å². The van der Waals surface area contributed by atoms with E-state index in [1.165, 1.54) is 6.20 Å². The molecule has 0 aliphatic heterocycles. The van der Waals surface area contributed by atoms with E-state index < -0.39 is 5.97 Å². The van der Waals surface area contributed by atoms with Gasteiger partial charge in [-0.25, -0.2) is 14.3 Å². The van der Waals surface area contributed by atoms with E-state index in [-0.39, 0.29) is 5.56 Å². The van der Waals surface area contributed by atoms with Gasteiger partial charge in [-0.3, -0.25) is 0 Å². The van der Waals surface area contributed by atoms with Crippen molar-refractivity contribution in [2.45, 2.75) is 6.92 Å². The zero-order valence-electron chi connectivity index (χ0n) is 10.2. The number of aromatic nitrogens is 3. The molecule has 5 nitrogen and oxygen atoms in total. The largest absolute Gasteiger partial charge is 0.477 e. The first-order valence-electron chi connectivity index (χ1n) is 5.80. The molecule has 1 aromatic carbocycles. The van der Waals surface area contributed by atoms with Gasteiger partial charge in [0.25, 0.3) is 0 Å². The molecule has 0 aliphatic rings. The molecule has 3 rings (SSSR count). The number of aryl methyl sites for hydroxylation is 1. The molecule has 3 aromatic rings. The van der Waals surface area contributed by atoms with Crippen LogP contribution in [-0.2, 0) is 0 Å². The van der Waals surface area contributed by atoms with Crippen LogP contribution in [0.2, 0.25) is 0 Å². The second kappa shape index (κ2) is 4.20. The molecule has 0 aliphatic carbocycles. The van der Waals surface area contributed by atoms with Crippen LogP contribution >= 0.6 is 0 Å². The summed E-state index contributed by atoms with van der Waals surface area (Å²) >= 11 is 0. The number of hydrogen-bond acceptors (Lipinski definition) is 3. The minimum absolute atomic E-state index is 0.106. The normalized spacial score (nSPS) is 10.8. The lowest BCUT2D eigenvalue weighted by atomic mass is 10.1. The molecule has 94 valence electrons. The van der Waals surface area contributed by atoms with Crippen molar-refractivity contribution in [3.63, 3.8) is 0 Å². The molecule has 0 saturated heterocycles. The molecule has 0 unspecified atom stereocenters. The number of hydrogen-bond donors (Lipinski definition) is 1. The summed E-state index contributed by atoms with van der Waals surface area (Å²) in [6.07, 6.45) is 2.92. The van der Waals surface area contributed by atoms with Gasteiger partial charge in [-0.1, -0.05) is 23.8 Å². The highest BCUT2D eigenvalue weighted by Gasteiger charge is 2.14. The number of rotatable bonds is 2. The lowest BCUT2D eigenvalue weighted by Crippen LogP contribution is -1.99. The van der Waals surface area contributed by atoms with Gasteiger partial charge >= 0.3 is 5.97 Å². The van der Waals surface area contributed by atoms with E-state index >= 15 is 0 Å². The fourth-order valence-electron chi connectivity index (χ4n) is 2.07. The number of carboxylic acids is 1. The third-order valence-electron chi connectivity index (χ3n) is 2.95. The van der Waals surface area contributed by atoms with E-state index in [1.807, 2.05) is 37.3 Å². The molecule has 19 heavy (non-hydrogen) atoms. The van der Waals surface area contributed by atoms with Crippen molar-refractivity contribution >= 4 is 11.6 Å². The summed E-state index contributed by atoms with van der Waals surface area (Å²) in [6.45, 7) is 2.01. The van der Waals surface area contributed by atoms with Gasteiger partial charge in [0.2, 0.25) is 0 Å². The molecular weight excluding hydrogens is 242 g/mol. The average Bonchev–Trinajstić information content (AvgIpc) is 2.82. The van der Waals surface area contributed by atoms with E-state index in [4.69, 9.17) is 5.11 Å². The highest BCUT2D eigenvalue weighted by Crippen LogP contribution is 2.21. The first kappa shape index (κ1) is 11.4. The Hall–Kier alpha value is -2.69. The summed E-state index contributed by atoms with van der Waals surface area (Å²) in [7, 11) is 0. The molecule has 0 radical (unpaired) electrons. The molecule has 0 amide bonds. The number of aromatic carboxylic acids is 1. The molecule has 0 bridgehead atoms. The van der Waals surface area contributed by atoms with E-state index in [0.717, 1.165) is 16.8 Å². The zero-order valence-corrected chi connectivity index (χ0v) is 10.2. The minimum atomic E-state index is -1.02. The zero-order chi connectivity index (χ0) is 13.4. The maximum absolute atomic E-state index is 11.1. The third kappa shape index (κ3) is 1.85. The topological polar surface area (TPSA) is 67.5 Å². The fraction of sp³-hybridized carbons (Fsp3) is 0.0714. The Morgan fingerprint density at radius 3 is 2.89 bits per heavy atom. The van der Waals surface area contributed by atoms with Crippen LogP contribution < -0.4 is 0 Å². The first-order valence-corrected chi connectivity index (χ1v) is 5.80. The van der Waals surface area contributed by atoms with Crippen LogP contribution in [0.4, 0.5) is 0 Å². The minimum Gasteiger partial charge on any atom is -0.477 e. The monoisotopic (exact) mass is 253 g/mol. The van der Waals surface area contributed by atoms with E-state index in [1.54, 1.807) is 10.7 Å². The summed E-state index contributed by atoms with van der Waals surface area (Å²) in [6, 6.07) is 9.77. The lowest BCUT2D eigenvalue weighted by Gasteiger charge is -2.05. The SMILES string of the molecule is Cc1cccc(-c2ccnc3c(C(=O)O)cnn23)c1. The van der Waals surface area contributed by atoms with Crippen LogP contribution in [0.25, 0.3) is 16.9 Å². The van der Waals surface area contributed by atoms with Crippen molar-refractivity contribution in [2.75, 3.05) is 0 Å². The lowest BCUT2D eigenvalue weighted by molar-refractivity contribution is 0.0699. The second-order valence-electron chi connectivity index (χ2n) is 4.30. The molecule has 1 N–H and O–H groups in total. The summed E-state index contributed by atoms with van der Waals surface area (Å²) in [4.78, 5) is 15.2. The highest BCUT2D eigenvalue weighted by atomic mass is 16.4.